The van der Waals surface area contributed by atoms with Crippen LogP contribution in [0.25, 0.3) is 0 Å². The highest BCUT2D eigenvalue weighted by Gasteiger charge is 2.19. The maximum absolute atomic E-state index is 12.8. The number of carboxylic acid groups (broad SMARTS) is 1. The maximum Gasteiger partial charge on any atom is 0.340 e. The summed E-state index contributed by atoms with van der Waals surface area (Å²) in [6, 6.07) is 5.90. The van der Waals surface area contributed by atoms with Crippen LogP contribution < -0.4 is 5.32 Å². The quantitative estimate of drug-likeness (QED) is 0.890. The highest BCUT2D eigenvalue weighted by molar-refractivity contribution is 7.11. The van der Waals surface area contributed by atoms with Crippen molar-refractivity contribution in [3.63, 3.8) is 0 Å². The predicted octanol–water partition coefficient (Wildman–Crippen LogP) is 2.86. The van der Waals surface area contributed by atoms with Gasteiger partial charge in [-0.25, -0.2) is 9.18 Å². The molecule has 1 aromatic heterocycles. The summed E-state index contributed by atoms with van der Waals surface area (Å²) >= 11 is 0.944. The number of carbonyl (C=O) groups is 2. The fraction of sp³-hybridized carbons (Fsp3) is 0.214. The largest absolute Gasteiger partial charge is 0.478 e. The Hall–Kier alpha value is -2.28. The van der Waals surface area contributed by atoms with Gasteiger partial charge in [-0.1, -0.05) is 12.1 Å². The monoisotopic (exact) mass is 308 g/mol. The summed E-state index contributed by atoms with van der Waals surface area (Å²) in [5.41, 5.74) is 1.24. The van der Waals surface area contributed by atoms with E-state index in [0.717, 1.165) is 17.1 Å². The molecule has 0 aliphatic heterocycles. The molecule has 0 unspecified atom stereocenters. The third-order valence-corrected chi connectivity index (χ3v) is 3.74. The van der Waals surface area contributed by atoms with E-state index < -0.39 is 5.97 Å². The second kappa shape index (κ2) is 6.45. The van der Waals surface area contributed by atoms with Crippen molar-refractivity contribution in [2.75, 3.05) is 5.32 Å². The summed E-state index contributed by atoms with van der Waals surface area (Å²) in [4.78, 5) is 22.9. The molecule has 0 aliphatic carbocycles. The van der Waals surface area contributed by atoms with Gasteiger partial charge < -0.3 is 10.4 Å². The van der Waals surface area contributed by atoms with Gasteiger partial charge in [0.15, 0.2) is 0 Å². The van der Waals surface area contributed by atoms with Gasteiger partial charge in [0.1, 0.15) is 16.4 Å². The first-order chi connectivity index (χ1) is 9.97. The van der Waals surface area contributed by atoms with Crippen LogP contribution in [0.3, 0.4) is 0 Å². The number of aromatic nitrogens is 1. The molecular formula is C14H13FN2O3S. The lowest BCUT2D eigenvalue weighted by Gasteiger charge is -2.04. The Bertz CT molecular complexity index is 667. The summed E-state index contributed by atoms with van der Waals surface area (Å²) < 4.78 is 16.7. The molecule has 2 aromatic rings. The fourth-order valence-electron chi connectivity index (χ4n) is 1.80. The van der Waals surface area contributed by atoms with Crippen LogP contribution >= 0.6 is 11.5 Å². The summed E-state index contributed by atoms with van der Waals surface area (Å²) in [6.45, 7) is 1.58. The average Bonchev–Trinajstić information content (AvgIpc) is 2.79. The normalized spacial score (nSPS) is 10.4. The van der Waals surface area contributed by atoms with E-state index in [4.69, 9.17) is 5.11 Å². The number of carboxylic acids is 1. The standard InChI is InChI=1S/C14H13FN2O3S/c1-8-12(14(19)20)13(21-17-8)16-11(18)7-4-9-2-5-10(15)6-3-9/h2-3,5-6H,4,7H2,1H3,(H,16,18)(H,19,20). The number of carbonyl (C=O) groups excluding carboxylic acids is 1. The number of nitrogens with one attached hydrogen (secondary N) is 1. The number of amides is 1. The molecule has 0 aliphatic rings. The van der Waals surface area contributed by atoms with Crippen LogP contribution in [0.1, 0.15) is 28.0 Å². The zero-order valence-electron chi connectivity index (χ0n) is 11.2. The molecule has 0 bridgehead atoms. The smallest absolute Gasteiger partial charge is 0.340 e. The Labute approximate surface area is 124 Å². The highest BCUT2D eigenvalue weighted by atomic mass is 32.1. The van der Waals surface area contributed by atoms with Gasteiger partial charge in [0.05, 0.1) is 5.69 Å². The molecule has 0 saturated carbocycles. The van der Waals surface area contributed by atoms with E-state index in [0.29, 0.717) is 12.1 Å². The third-order valence-electron chi connectivity index (χ3n) is 2.88. The van der Waals surface area contributed by atoms with Crippen molar-refractivity contribution in [1.82, 2.24) is 4.37 Å². The molecule has 7 heteroatoms. The van der Waals surface area contributed by atoms with Crippen molar-refractivity contribution in [3.8, 4) is 0 Å². The van der Waals surface area contributed by atoms with Crippen LogP contribution in [0.5, 0.6) is 0 Å². The van der Waals surface area contributed by atoms with Gasteiger partial charge in [-0.15, -0.1) is 0 Å². The zero-order chi connectivity index (χ0) is 15.4. The molecule has 110 valence electrons. The van der Waals surface area contributed by atoms with Crippen molar-refractivity contribution < 1.29 is 19.1 Å². The van der Waals surface area contributed by atoms with Crippen LogP contribution in [-0.4, -0.2) is 21.4 Å². The number of rotatable bonds is 5. The number of anilines is 1. The van der Waals surface area contributed by atoms with Gasteiger partial charge in [-0.2, -0.15) is 4.37 Å². The van der Waals surface area contributed by atoms with E-state index in [1.54, 1.807) is 19.1 Å². The lowest BCUT2D eigenvalue weighted by molar-refractivity contribution is -0.116. The third kappa shape index (κ3) is 3.85. The Balaban J connectivity index is 1.96. The molecule has 2 N–H and O–H groups in total. The topological polar surface area (TPSA) is 79.3 Å². The number of aromatic carboxylic acids is 1. The van der Waals surface area contributed by atoms with Crippen LogP contribution in [-0.2, 0) is 11.2 Å². The van der Waals surface area contributed by atoms with Crippen LogP contribution in [0.15, 0.2) is 24.3 Å². The van der Waals surface area contributed by atoms with Crippen LogP contribution in [0, 0.1) is 12.7 Å². The first kappa shape index (κ1) is 15.1. The molecule has 0 saturated heterocycles. The van der Waals surface area contributed by atoms with Gasteiger partial charge in [0.25, 0.3) is 0 Å². The molecular weight excluding hydrogens is 295 g/mol. The van der Waals surface area contributed by atoms with Gasteiger partial charge >= 0.3 is 5.97 Å². The number of hydrogen-bond acceptors (Lipinski definition) is 4. The van der Waals surface area contributed by atoms with Crippen molar-refractivity contribution in [3.05, 3.63) is 46.9 Å². The lowest BCUT2D eigenvalue weighted by atomic mass is 10.1. The molecule has 21 heavy (non-hydrogen) atoms. The van der Waals surface area contributed by atoms with E-state index in [1.807, 2.05) is 0 Å². The summed E-state index contributed by atoms with van der Waals surface area (Å²) in [5, 5.41) is 11.9. The van der Waals surface area contributed by atoms with E-state index >= 15 is 0 Å². The fourth-order valence-corrected chi connectivity index (χ4v) is 2.61. The maximum atomic E-state index is 12.8. The Morgan fingerprint density at radius 1 is 1.33 bits per heavy atom. The second-order valence-corrected chi connectivity index (χ2v) is 5.23. The minimum atomic E-state index is -1.12. The Morgan fingerprint density at radius 2 is 2.00 bits per heavy atom. The van der Waals surface area contributed by atoms with E-state index in [9.17, 15) is 14.0 Å². The molecule has 1 amide bonds. The lowest BCUT2D eigenvalue weighted by Crippen LogP contribution is -2.14. The molecule has 1 aromatic carbocycles. The van der Waals surface area contributed by atoms with Gasteiger partial charge in [0, 0.05) is 6.42 Å². The predicted molar refractivity (Wildman–Crippen MR) is 77.2 cm³/mol. The summed E-state index contributed by atoms with van der Waals surface area (Å²) in [5.74, 6) is -1.74. The molecule has 1 heterocycles. The molecule has 0 spiro atoms. The minimum absolute atomic E-state index is 0.0233. The van der Waals surface area contributed by atoms with Crippen molar-refractivity contribution in [2.24, 2.45) is 0 Å². The van der Waals surface area contributed by atoms with E-state index in [-0.39, 0.29) is 28.7 Å². The average molecular weight is 308 g/mol. The summed E-state index contributed by atoms with van der Waals surface area (Å²) in [6.07, 6.45) is 0.633. The van der Waals surface area contributed by atoms with Crippen molar-refractivity contribution >= 4 is 28.4 Å². The molecule has 0 atom stereocenters. The second-order valence-electron chi connectivity index (χ2n) is 4.45. The van der Waals surface area contributed by atoms with Crippen LogP contribution in [0.2, 0.25) is 0 Å². The van der Waals surface area contributed by atoms with Gasteiger partial charge in [-0.05, 0) is 42.6 Å². The molecule has 0 radical (unpaired) electrons. The SMILES string of the molecule is Cc1nsc(NC(=O)CCc2ccc(F)cc2)c1C(=O)O. The number of hydrogen-bond donors (Lipinski definition) is 2. The Morgan fingerprint density at radius 3 is 2.62 bits per heavy atom. The Kier molecular flexibility index (Phi) is 4.64. The molecule has 2 rings (SSSR count). The number of halogens is 1. The number of nitrogens with zero attached hydrogens (tertiary/aromatic N) is 1. The molecule has 0 fully saturated rings. The zero-order valence-corrected chi connectivity index (χ0v) is 12.0. The van der Waals surface area contributed by atoms with E-state index in [2.05, 4.69) is 9.69 Å². The minimum Gasteiger partial charge on any atom is -0.478 e. The summed E-state index contributed by atoms with van der Waals surface area (Å²) in [7, 11) is 0. The van der Waals surface area contributed by atoms with Gasteiger partial charge in [0.2, 0.25) is 5.91 Å². The first-order valence-electron chi connectivity index (χ1n) is 6.21. The first-order valence-corrected chi connectivity index (χ1v) is 6.98. The van der Waals surface area contributed by atoms with Gasteiger partial charge in [-0.3, -0.25) is 4.79 Å². The van der Waals surface area contributed by atoms with Crippen molar-refractivity contribution in [2.45, 2.75) is 19.8 Å². The number of benzene rings is 1. The molecule has 5 nitrogen and oxygen atoms in total. The number of aryl methyl sites for hydroxylation is 2. The van der Waals surface area contributed by atoms with Crippen LogP contribution in [0.4, 0.5) is 9.39 Å². The highest BCUT2D eigenvalue weighted by Crippen LogP contribution is 2.24. The van der Waals surface area contributed by atoms with E-state index in [1.165, 1.54) is 12.1 Å². The van der Waals surface area contributed by atoms with Crippen molar-refractivity contribution in [1.29, 1.82) is 0 Å².